The fourth-order valence-electron chi connectivity index (χ4n) is 1.61. The Morgan fingerprint density at radius 2 is 2.53 bits per heavy atom. The van der Waals surface area contributed by atoms with Crippen molar-refractivity contribution in [3.8, 4) is 12.3 Å². The van der Waals surface area contributed by atoms with Gasteiger partial charge in [-0.05, 0) is 12.8 Å². The minimum absolute atomic E-state index is 0.0478. The molecular weight excluding hydrogens is 192 g/mol. The number of amides is 1. The first-order chi connectivity index (χ1) is 7.27. The van der Waals surface area contributed by atoms with Crippen LogP contribution in [-0.4, -0.2) is 38.3 Å². The van der Waals surface area contributed by atoms with E-state index in [-0.39, 0.29) is 18.1 Å². The van der Waals surface area contributed by atoms with Crippen molar-refractivity contribution in [3.05, 3.63) is 0 Å². The first kappa shape index (κ1) is 12.0. The van der Waals surface area contributed by atoms with Crippen LogP contribution in [0.3, 0.4) is 0 Å². The quantitative estimate of drug-likeness (QED) is 0.492. The summed E-state index contributed by atoms with van der Waals surface area (Å²) in [4.78, 5) is 11.6. The van der Waals surface area contributed by atoms with Crippen molar-refractivity contribution in [2.45, 2.75) is 31.4 Å². The van der Waals surface area contributed by atoms with Crippen LogP contribution >= 0.6 is 0 Å². The fraction of sp³-hybridized carbons (Fsp3) is 0.727. The van der Waals surface area contributed by atoms with Crippen LogP contribution < -0.4 is 10.6 Å². The van der Waals surface area contributed by atoms with Crippen LogP contribution in [-0.2, 0) is 9.53 Å². The molecule has 1 heterocycles. The van der Waals surface area contributed by atoms with Gasteiger partial charge in [0, 0.05) is 26.6 Å². The predicted molar refractivity (Wildman–Crippen MR) is 58.3 cm³/mol. The maximum absolute atomic E-state index is 11.6. The maximum atomic E-state index is 11.6. The van der Waals surface area contributed by atoms with E-state index in [0.717, 1.165) is 19.4 Å². The van der Waals surface area contributed by atoms with Gasteiger partial charge in [0.05, 0.1) is 12.1 Å². The summed E-state index contributed by atoms with van der Waals surface area (Å²) in [5, 5.41) is 5.97. The monoisotopic (exact) mass is 210 g/mol. The first-order valence-electron chi connectivity index (χ1n) is 5.25. The van der Waals surface area contributed by atoms with E-state index in [1.807, 2.05) is 0 Å². The molecule has 1 aliphatic rings. The van der Waals surface area contributed by atoms with E-state index in [9.17, 15) is 4.79 Å². The molecule has 0 aromatic heterocycles. The molecule has 0 bridgehead atoms. The van der Waals surface area contributed by atoms with Crippen molar-refractivity contribution in [3.63, 3.8) is 0 Å². The summed E-state index contributed by atoms with van der Waals surface area (Å²) < 4.78 is 5.17. The number of hydrogen-bond donors (Lipinski definition) is 2. The van der Waals surface area contributed by atoms with E-state index in [1.165, 1.54) is 0 Å². The van der Waals surface area contributed by atoms with Crippen molar-refractivity contribution < 1.29 is 9.53 Å². The summed E-state index contributed by atoms with van der Waals surface area (Å²) in [6.07, 6.45) is 7.56. The molecule has 1 rings (SSSR count). The lowest BCUT2D eigenvalue weighted by Crippen LogP contribution is -2.40. The van der Waals surface area contributed by atoms with Gasteiger partial charge in [0.1, 0.15) is 0 Å². The molecule has 2 unspecified atom stereocenters. The van der Waals surface area contributed by atoms with Crippen LogP contribution in [0, 0.1) is 12.3 Å². The SMILES string of the molecule is C#CCCCNC(=O)C1CC(OC)CN1. The molecule has 4 heteroatoms. The van der Waals surface area contributed by atoms with Gasteiger partial charge < -0.3 is 15.4 Å². The highest BCUT2D eigenvalue weighted by atomic mass is 16.5. The number of nitrogens with one attached hydrogen (secondary N) is 2. The highest BCUT2D eigenvalue weighted by molar-refractivity contribution is 5.82. The van der Waals surface area contributed by atoms with Crippen molar-refractivity contribution in [1.82, 2.24) is 10.6 Å². The zero-order valence-corrected chi connectivity index (χ0v) is 9.08. The summed E-state index contributed by atoms with van der Waals surface area (Å²) in [5.41, 5.74) is 0. The summed E-state index contributed by atoms with van der Waals surface area (Å²) in [5.74, 6) is 2.59. The van der Waals surface area contributed by atoms with E-state index in [2.05, 4.69) is 16.6 Å². The zero-order valence-electron chi connectivity index (χ0n) is 9.08. The van der Waals surface area contributed by atoms with Crippen molar-refractivity contribution in [2.75, 3.05) is 20.2 Å². The van der Waals surface area contributed by atoms with Crippen molar-refractivity contribution in [1.29, 1.82) is 0 Å². The van der Waals surface area contributed by atoms with Gasteiger partial charge in [0.25, 0.3) is 0 Å². The highest BCUT2D eigenvalue weighted by Gasteiger charge is 2.28. The van der Waals surface area contributed by atoms with E-state index in [4.69, 9.17) is 11.2 Å². The maximum Gasteiger partial charge on any atom is 0.237 e. The third-order valence-corrected chi connectivity index (χ3v) is 2.54. The molecule has 2 atom stereocenters. The molecule has 0 aromatic rings. The van der Waals surface area contributed by atoms with Crippen LogP contribution in [0.5, 0.6) is 0 Å². The van der Waals surface area contributed by atoms with Gasteiger partial charge >= 0.3 is 0 Å². The number of ether oxygens (including phenoxy) is 1. The highest BCUT2D eigenvalue weighted by Crippen LogP contribution is 2.09. The average Bonchev–Trinajstić information content (AvgIpc) is 2.72. The molecule has 1 saturated heterocycles. The molecule has 1 aliphatic heterocycles. The molecule has 0 aromatic carbocycles. The second-order valence-corrected chi connectivity index (χ2v) is 3.65. The van der Waals surface area contributed by atoms with Crippen LogP contribution in [0.25, 0.3) is 0 Å². The van der Waals surface area contributed by atoms with Gasteiger partial charge in [-0.2, -0.15) is 0 Å². The Morgan fingerprint density at radius 1 is 1.73 bits per heavy atom. The number of terminal acetylenes is 1. The molecular formula is C11H18N2O2. The minimum Gasteiger partial charge on any atom is -0.380 e. The largest absolute Gasteiger partial charge is 0.380 e. The molecule has 84 valence electrons. The molecule has 15 heavy (non-hydrogen) atoms. The number of carbonyl (C=O) groups excluding carboxylic acids is 1. The predicted octanol–water partition coefficient (Wildman–Crippen LogP) is -0.107. The van der Waals surface area contributed by atoms with Gasteiger partial charge in [-0.25, -0.2) is 0 Å². The van der Waals surface area contributed by atoms with Crippen molar-refractivity contribution >= 4 is 5.91 Å². The summed E-state index contributed by atoms with van der Waals surface area (Å²) in [6, 6.07) is -0.110. The average molecular weight is 210 g/mol. The molecule has 0 radical (unpaired) electrons. The van der Waals surface area contributed by atoms with E-state index >= 15 is 0 Å². The van der Waals surface area contributed by atoms with Gasteiger partial charge in [0.2, 0.25) is 5.91 Å². The molecule has 0 aliphatic carbocycles. The Balaban J connectivity index is 2.15. The summed E-state index contributed by atoms with van der Waals surface area (Å²) in [7, 11) is 1.67. The fourth-order valence-corrected chi connectivity index (χ4v) is 1.61. The molecule has 2 N–H and O–H groups in total. The second kappa shape index (κ2) is 6.44. The normalized spacial score (nSPS) is 24.8. The topological polar surface area (TPSA) is 50.4 Å². The Labute approximate surface area is 90.8 Å². The second-order valence-electron chi connectivity index (χ2n) is 3.65. The molecule has 1 amide bonds. The minimum atomic E-state index is -0.110. The van der Waals surface area contributed by atoms with Crippen LogP contribution in [0.15, 0.2) is 0 Å². The zero-order chi connectivity index (χ0) is 11.1. The van der Waals surface area contributed by atoms with Gasteiger partial charge in [0.15, 0.2) is 0 Å². The Morgan fingerprint density at radius 3 is 3.13 bits per heavy atom. The van der Waals surface area contributed by atoms with Crippen LogP contribution in [0.4, 0.5) is 0 Å². The third-order valence-electron chi connectivity index (χ3n) is 2.54. The number of hydrogen-bond acceptors (Lipinski definition) is 3. The number of rotatable bonds is 5. The van der Waals surface area contributed by atoms with Gasteiger partial charge in [-0.3, -0.25) is 4.79 Å². The third kappa shape index (κ3) is 3.90. The number of unbranched alkanes of at least 4 members (excludes halogenated alkanes) is 1. The van der Waals surface area contributed by atoms with Crippen LogP contribution in [0.1, 0.15) is 19.3 Å². The Bertz CT molecular complexity index is 247. The Hall–Kier alpha value is -1.05. The van der Waals surface area contributed by atoms with E-state index < -0.39 is 0 Å². The lowest BCUT2D eigenvalue weighted by atomic mass is 10.2. The Kier molecular flexibility index (Phi) is 5.16. The standard InChI is InChI=1S/C11H18N2O2/c1-3-4-5-6-12-11(14)10-7-9(15-2)8-13-10/h1,9-10,13H,4-8H2,2H3,(H,12,14). The van der Waals surface area contributed by atoms with Crippen LogP contribution in [0.2, 0.25) is 0 Å². The van der Waals surface area contributed by atoms with Gasteiger partial charge in [-0.15, -0.1) is 12.3 Å². The van der Waals surface area contributed by atoms with E-state index in [1.54, 1.807) is 7.11 Å². The molecule has 4 nitrogen and oxygen atoms in total. The molecule has 0 saturated carbocycles. The number of carbonyl (C=O) groups is 1. The van der Waals surface area contributed by atoms with E-state index in [0.29, 0.717) is 13.0 Å². The first-order valence-corrected chi connectivity index (χ1v) is 5.25. The lowest BCUT2D eigenvalue weighted by Gasteiger charge is -2.10. The molecule has 1 fully saturated rings. The summed E-state index contributed by atoms with van der Waals surface area (Å²) >= 11 is 0. The number of methoxy groups -OCH3 is 1. The van der Waals surface area contributed by atoms with Crippen molar-refractivity contribution in [2.24, 2.45) is 0 Å². The smallest absolute Gasteiger partial charge is 0.237 e. The lowest BCUT2D eigenvalue weighted by molar-refractivity contribution is -0.122. The summed E-state index contributed by atoms with van der Waals surface area (Å²) in [6.45, 7) is 1.40. The molecule has 0 spiro atoms. The van der Waals surface area contributed by atoms with Gasteiger partial charge in [-0.1, -0.05) is 0 Å².